The van der Waals surface area contributed by atoms with E-state index in [1.807, 2.05) is 56.6 Å². The number of carbonyl (C=O) groups is 1. The van der Waals surface area contributed by atoms with Gasteiger partial charge >= 0.3 is 0 Å². The molecule has 0 aliphatic heterocycles. The minimum Gasteiger partial charge on any atom is -0.508 e. The fourth-order valence-corrected chi connectivity index (χ4v) is 2.76. The van der Waals surface area contributed by atoms with Crippen LogP contribution in [0.4, 0.5) is 0 Å². The summed E-state index contributed by atoms with van der Waals surface area (Å²) in [4.78, 5) is 17.7. The fraction of sp³-hybridized carbons (Fsp3) is 0.211. The minimum absolute atomic E-state index is 0.00401. The maximum atomic E-state index is 12.8. The van der Waals surface area contributed by atoms with E-state index in [-0.39, 0.29) is 17.7 Å². The lowest BCUT2D eigenvalue weighted by molar-refractivity contribution is 0.0745. The van der Waals surface area contributed by atoms with Crippen molar-refractivity contribution in [1.29, 1.82) is 0 Å². The second kappa shape index (κ2) is 6.16. The third-order valence-corrected chi connectivity index (χ3v) is 4.27. The van der Waals surface area contributed by atoms with E-state index >= 15 is 0 Å². The molecule has 1 atom stereocenters. The quantitative estimate of drug-likeness (QED) is 0.774. The molecular weight excluding hydrogens is 288 g/mol. The SMILES string of the molecule is C[C@H](Cc1ccc(O)cc1)N(C)C(=O)c1cccc2cc[nH]c12. The van der Waals surface area contributed by atoms with Crippen molar-refractivity contribution in [3.05, 3.63) is 65.9 Å². The van der Waals surface area contributed by atoms with Gasteiger partial charge in [0.05, 0.1) is 11.1 Å². The van der Waals surface area contributed by atoms with E-state index in [4.69, 9.17) is 0 Å². The number of para-hydroxylation sites is 1. The number of aromatic hydroxyl groups is 1. The van der Waals surface area contributed by atoms with Gasteiger partial charge in [-0.05, 0) is 43.2 Å². The van der Waals surface area contributed by atoms with Crippen LogP contribution in [0.5, 0.6) is 5.75 Å². The van der Waals surface area contributed by atoms with Crippen molar-refractivity contribution in [2.75, 3.05) is 7.05 Å². The van der Waals surface area contributed by atoms with Crippen LogP contribution < -0.4 is 0 Å². The van der Waals surface area contributed by atoms with Gasteiger partial charge in [-0.1, -0.05) is 24.3 Å². The van der Waals surface area contributed by atoms with Crippen LogP contribution >= 0.6 is 0 Å². The molecule has 118 valence electrons. The molecule has 4 heteroatoms. The monoisotopic (exact) mass is 308 g/mol. The first-order chi connectivity index (χ1) is 11.1. The van der Waals surface area contributed by atoms with Gasteiger partial charge < -0.3 is 15.0 Å². The Morgan fingerprint density at radius 3 is 2.65 bits per heavy atom. The number of phenols is 1. The van der Waals surface area contributed by atoms with Gasteiger partial charge in [-0.15, -0.1) is 0 Å². The second-order valence-electron chi connectivity index (χ2n) is 5.88. The molecule has 1 heterocycles. The summed E-state index contributed by atoms with van der Waals surface area (Å²) < 4.78 is 0. The lowest BCUT2D eigenvalue weighted by Gasteiger charge is -2.25. The molecule has 0 saturated heterocycles. The number of nitrogens with zero attached hydrogens (tertiary/aromatic N) is 1. The molecule has 3 rings (SSSR count). The third-order valence-electron chi connectivity index (χ3n) is 4.27. The highest BCUT2D eigenvalue weighted by Crippen LogP contribution is 2.20. The van der Waals surface area contributed by atoms with Crippen LogP contribution in [0, 0.1) is 0 Å². The lowest BCUT2D eigenvalue weighted by atomic mass is 10.0. The Hall–Kier alpha value is -2.75. The van der Waals surface area contributed by atoms with Gasteiger partial charge in [0.25, 0.3) is 5.91 Å². The first kappa shape index (κ1) is 15.2. The van der Waals surface area contributed by atoms with E-state index < -0.39 is 0 Å². The van der Waals surface area contributed by atoms with Gasteiger partial charge in [0.1, 0.15) is 5.75 Å². The van der Waals surface area contributed by atoms with E-state index in [1.54, 1.807) is 17.0 Å². The highest BCUT2D eigenvalue weighted by atomic mass is 16.3. The number of amides is 1. The van der Waals surface area contributed by atoms with Crippen molar-refractivity contribution in [3.8, 4) is 5.75 Å². The van der Waals surface area contributed by atoms with Gasteiger partial charge in [0.2, 0.25) is 0 Å². The van der Waals surface area contributed by atoms with E-state index in [0.717, 1.165) is 22.9 Å². The number of phenolic OH excluding ortho intramolecular Hbond substituents is 1. The number of benzene rings is 2. The predicted octanol–water partition coefficient (Wildman–Crippen LogP) is 3.58. The van der Waals surface area contributed by atoms with Crippen LogP contribution in [0.25, 0.3) is 10.9 Å². The van der Waals surface area contributed by atoms with Crippen LogP contribution in [0.3, 0.4) is 0 Å². The van der Waals surface area contributed by atoms with Crippen molar-refractivity contribution in [3.63, 3.8) is 0 Å². The molecule has 3 aromatic rings. The normalized spacial score (nSPS) is 12.3. The Morgan fingerprint density at radius 1 is 1.17 bits per heavy atom. The highest BCUT2D eigenvalue weighted by molar-refractivity contribution is 6.05. The zero-order chi connectivity index (χ0) is 16.4. The zero-order valence-corrected chi connectivity index (χ0v) is 13.3. The van der Waals surface area contributed by atoms with Gasteiger partial charge in [0, 0.05) is 24.7 Å². The van der Waals surface area contributed by atoms with Crippen LogP contribution in [0.1, 0.15) is 22.8 Å². The van der Waals surface area contributed by atoms with Crippen molar-refractivity contribution in [1.82, 2.24) is 9.88 Å². The number of aromatic amines is 1. The minimum atomic E-state index is 0.00401. The van der Waals surface area contributed by atoms with Crippen molar-refractivity contribution < 1.29 is 9.90 Å². The number of rotatable bonds is 4. The first-order valence-corrected chi connectivity index (χ1v) is 7.67. The average molecular weight is 308 g/mol. The van der Waals surface area contributed by atoms with E-state index in [9.17, 15) is 9.90 Å². The van der Waals surface area contributed by atoms with Gasteiger partial charge in [-0.2, -0.15) is 0 Å². The molecule has 0 spiro atoms. The Morgan fingerprint density at radius 2 is 1.91 bits per heavy atom. The highest BCUT2D eigenvalue weighted by Gasteiger charge is 2.20. The molecule has 23 heavy (non-hydrogen) atoms. The standard InChI is InChI=1S/C19H20N2O2/c1-13(12-14-6-8-16(22)9-7-14)21(2)19(23)17-5-3-4-15-10-11-20-18(15)17/h3-11,13,20,22H,12H2,1-2H3/t13-/m1/s1. The van der Waals surface area contributed by atoms with Gasteiger partial charge in [0.15, 0.2) is 0 Å². The van der Waals surface area contributed by atoms with Crippen LogP contribution in [-0.4, -0.2) is 34.0 Å². The number of nitrogens with one attached hydrogen (secondary N) is 1. The van der Waals surface area contributed by atoms with E-state index in [2.05, 4.69) is 4.98 Å². The summed E-state index contributed by atoms with van der Waals surface area (Å²) in [5.74, 6) is 0.258. The van der Waals surface area contributed by atoms with Crippen LogP contribution in [0.15, 0.2) is 54.7 Å². The molecular formula is C19H20N2O2. The third kappa shape index (κ3) is 3.06. The Labute approximate surface area is 135 Å². The lowest BCUT2D eigenvalue weighted by Crippen LogP contribution is -2.36. The summed E-state index contributed by atoms with van der Waals surface area (Å²) in [5, 5.41) is 10.4. The molecule has 0 bridgehead atoms. The number of hydrogen-bond acceptors (Lipinski definition) is 2. The largest absolute Gasteiger partial charge is 0.508 e. The van der Waals surface area contributed by atoms with Crippen molar-refractivity contribution >= 4 is 16.8 Å². The molecule has 0 saturated carbocycles. The first-order valence-electron chi connectivity index (χ1n) is 7.67. The van der Waals surface area contributed by atoms with Gasteiger partial charge in [-0.3, -0.25) is 4.79 Å². The van der Waals surface area contributed by atoms with Crippen molar-refractivity contribution in [2.45, 2.75) is 19.4 Å². The number of H-pyrrole nitrogens is 1. The number of aromatic nitrogens is 1. The second-order valence-corrected chi connectivity index (χ2v) is 5.88. The van der Waals surface area contributed by atoms with Gasteiger partial charge in [-0.25, -0.2) is 0 Å². The summed E-state index contributed by atoms with van der Waals surface area (Å²) in [5.41, 5.74) is 2.65. The molecule has 2 aromatic carbocycles. The molecule has 0 radical (unpaired) electrons. The molecule has 0 fully saturated rings. The number of hydrogen-bond donors (Lipinski definition) is 2. The number of carbonyl (C=O) groups excluding carboxylic acids is 1. The topological polar surface area (TPSA) is 56.3 Å². The Balaban J connectivity index is 1.78. The van der Waals surface area contributed by atoms with Crippen molar-refractivity contribution in [2.24, 2.45) is 0 Å². The zero-order valence-electron chi connectivity index (χ0n) is 13.3. The average Bonchev–Trinajstić information content (AvgIpc) is 3.04. The Kier molecular flexibility index (Phi) is 4.06. The molecule has 0 unspecified atom stereocenters. The molecule has 4 nitrogen and oxygen atoms in total. The molecule has 1 amide bonds. The summed E-state index contributed by atoms with van der Waals surface area (Å²) in [6, 6.07) is 14.9. The summed E-state index contributed by atoms with van der Waals surface area (Å²) in [7, 11) is 1.83. The summed E-state index contributed by atoms with van der Waals surface area (Å²) in [6.07, 6.45) is 2.59. The molecule has 1 aromatic heterocycles. The maximum Gasteiger partial charge on any atom is 0.255 e. The smallest absolute Gasteiger partial charge is 0.255 e. The summed E-state index contributed by atoms with van der Waals surface area (Å²) >= 11 is 0. The number of likely N-dealkylation sites (N-methyl/N-ethyl adjacent to an activating group) is 1. The predicted molar refractivity (Wildman–Crippen MR) is 91.7 cm³/mol. The van der Waals surface area contributed by atoms with Crippen LogP contribution in [-0.2, 0) is 6.42 Å². The number of fused-ring (bicyclic) bond motifs is 1. The fourth-order valence-electron chi connectivity index (χ4n) is 2.76. The molecule has 0 aliphatic carbocycles. The maximum absolute atomic E-state index is 12.8. The van der Waals surface area contributed by atoms with Crippen LogP contribution in [0.2, 0.25) is 0 Å². The Bertz CT molecular complexity index is 821. The van der Waals surface area contributed by atoms with E-state index in [1.165, 1.54) is 0 Å². The summed E-state index contributed by atoms with van der Waals surface area (Å²) in [6.45, 7) is 2.03. The molecule has 0 aliphatic rings. The molecule has 2 N–H and O–H groups in total. The van der Waals surface area contributed by atoms with E-state index in [0.29, 0.717) is 5.56 Å².